The molecule has 0 fully saturated rings. The smallest absolute Gasteiger partial charge is 0.369 e. The number of rotatable bonds is 7. The lowest BCUT2D eigenvalue weighted by Gasteiger charge is -2.10. The summed E-state index contributed by atoms with van der Waals surface area (Å²) in [5.74, 6) is 1.51. The van der Waals surface area contributed by atoms with Crippen molar-refractivity contribution in [3.05, 3.63) is 88.9 Å². The summed E-state index contributed by atoms with van der Waals surface area (Å²) in [4.78, 5) is 14.8. The molecule has 5 rings (SSSR count). The van der Waals surface area contributed by atoms with Crippen molar-refractivity contribution in [2.45, 2.75) is 25.9 Å². The fourth-order valence-electron chi connectivity index (χ4n) is 3.98. The summed E-state index contributed by atoms with van der Waals surface area (Å²) in [7, 11) is 0. The van der Waals surface area contributed by atoms with Crippen LogP contribution in [0.2, 0.25) is 0 Å². The van der Waals surface area contributed by atoms with E-state index < -0.39 is 11.7 Å². The van der Waals surface area contributed by atoms with Crippen LogP contribution in [0.1, 0.15) is 22.4 Å². The summed E-state index contributed by atoms with van der Waals surface area (Å²) >= 11 is 1.65. The zero-order chi connectivity index (χ0) is 24.4. The second-order valence-corrected chi connectivity index (χ2v) is 9.59. The van der Waals surface area contributed by atoms with Crippen LogP contribution in [-0.4, -0.2) is 21.5 Å². The van der Waals surface area contributed by atoms with Gasteiger partial charge in [-0.25, -0.2) is 9.97 Å². The van der Waals surface area contributed by atoms with Crippen molar-refractivity contribution in [3.63, 3.8) is 0 Å². The molecule has 2 N–H and O–H groups in total. The van der Waals surface area contributed by atoms with E-state index in [2.05, 4.69) is 23.3 Å². The number of alkyl halides is 3. The fraction of sp³-hybridized carbons (Fsp3) is 0.185. The maximum Gasteiger partial charge on any atom is 0.416 e. The number of aromatic nitrogens is 3. The highest BCUT2D eigenvalue weighted by atomic mass is 32.1. The molecular weight excluding hydrogens is 469 g/mol. The Balaban J connectivity index is 1.22. The van der Waals surface area contributed by atoms with Gasteiger partial charge in [-0.3, -0.25) is 0 Å². The highest BCUT2D eigenvalue weighted by Crippen LogP contribution is 2.32. The molecule has 0 aliphatic carbocycles. The normalized spacial score (nSPS) is 11.8. The molecule has 35 heavy (non-hydrogen) atoms. The number of aromatic amines is 1. The van der Waals surface area contributed by atoms with Gasteiger partial charge in [-0.15, -0.1) is 11.3 Å². The van der Waals surface area contributed by atoms with Gasteiger partial charge >= 0.3 is 6.18 Å². The minimum atomic E-state index is -4.32. The zero-order valence-corrected chi connectivity index (χ0v) is 19.8. The van der Waals surface area contributed by atoms with Gasteiger partial charge in [0.05, 0.1) is 16.6 Å². The quantitative estimate of drug-likeness (QED) is 0.229. The fourth-order valence-corrected chi connectivity index (χ4v) is 4.86. The van der Waals surface area contributed by atoms with Crippen molar-refractivity contribution in [3.8, 4) is 22.6 Å². The molecule has 4 nitrogen and oxygen atoms in total. The number of hydrogen-bond acceptors (Lipinski definition) is 4. The van der Waals surface area contributed by atoms with E-state index in [4.69, 9.17) is 9.97 Å². The number of fused-ring (bicyclic) bond motifs is 1. The molecule has 3 heterocycles. The molecule has 178 valence electrons. The maximum atomic E-state index is 12.8. The maximum absolute atomic E-state index is 12.8. The van der Waals surface area contributed by atoms with Gasteiger partial charge in [0, 0.05) is 17.6 Å². The molecule has 0 aliphatic rings. The van der Waals surface area contributed by atoms with Gasteiger partial charge in [-0.1, -0.05) is 36.4 Å². The summed E-state index contributed by atoms with van der Waals surface area (Å²) < 4.78 is 38.3. The average molecular weight is 493 g/mol. The Hall–Kier alpha value is -3.65. The summed E-state index contributed by atoms with van der Waals surface area (Å²) in [6, 6.07) is 19.2. The number of nitrogens with one attached hydrogen (secondary N) is 2. The van der Waals surface area contributed by atoms with E-state index in [1.807, 2.05) is 42.6 Å². The van der Waals surface area contributed by atoms with E-state index in [0.717, 1.165) is 64.4 Å². The highest BCUT2D eigenvalue weighted by Gasteiger charge is 2.29. The first-order valence-electron chi connectivity index (χ1n) is 11.3. The van der Waals surface area contributed by atoms with Crippen LogP contribution in [0, 0.1) is 6.92 Å². The van der Waals surface area contributed by atoms with Gasteiger partial charge in [-0.2, -0.15) is 13.2 Å². The van der Waals surface area contributed by atoms with E-state index >= 15 is 0 Å². The Morgan fingerprint density at radius 1 is 0.943 bits per heavy atom. The molecule has 0 saturated carbocycles. The van der Waals surface area contributed by atoms with Crippen LogP contribution >= 0.6 is 11.3 Å². The second-order valence-electron chi connectivity index (χ2n) is 8.36. The van der Waals surface area contributed by atoms with Gasteiger partial charge < -0.3 is 10.3 Å². The molecular formula is C27H23F3N4S. The van der Waals surface area contributed by atoms with E-state index in [9.17, 15) is 13.2 Å². The van der Waals surface area contributed by atoms with Gasteiger partial charge in [0.1, 0.15) is 10.6 Å². The van der Waals surface area contributed by atoms with Crippen LogP contribution in [0.3, 0.4) is 0 Å². The standard InChI is InChI=1S/C27H23F3N4S/c1-17-16-22-24(33-25(34-26(22)35-17)23-5-3-14-31-23)32-15-2-4-18-6-8-19(9-7-18)20-10-12-21(13-11-20)27(28,29)30/h3,5-14,16,31H,2,4,15H2,1H3,(H,32,33,34). The lowest BCUT2D eigenvalue weighted by Crippen LogP contribution is -2.06. The predicted octanol–water partition coefficient (Wildman–Crippen LogP) is 7.73. The van der Waals surface area contributed by atoms with E-state index in [1.54, 1.807) is 11.3 Å². The molecule has 0 atom stereocenters. The summed E-state index contributed by atoms with van der Waals surface area (Å²) in [5.41, 5.74) is 3.09. The minimum Gasteiger partial charge on any atom is -0.369 e. The first-order chi connectivity index (χ1) is 16.9. The number of H-pyrrole nitrogens is 1. The molecule has 0 amide bonds. The van der Waals surface area contributed by atoms with Gasteiger partial charge in [0.2, 0.25) is 0 Å². The number of nitrogens with zero attached hydrogens (tertiary/aromatic N) is 2. The molecule has 8 heteroatoms. The summed E-state index contributed by atoms with van der Waals surface area (Å²) in [6.45, 7) is 2.82. The lowest BCUT2D eigenvalue weighted by atomic mass is 10.0. The lowest BCUT2D eigenvalue weighted by molar-refractivity contribution is -0.137. The Labute approximate surface area is 204 Å². The molecule has 3 aromatic heterocycles. The number of anilines is 1. The third kappa shape index (κ3) is 5.22. The van der Waals surface area contributed by atoms with Crippen molar-refractivity contribution in [1.82, 2.24) is 15.0 Å². The third-order valence-electron chi connectivity index (χ3n) is 5.79. The zero-order valence-electron chi connectivity index (χ0n) is 19.0. The molecule has 5 aromatic rings. The predicted molar refractivity (Wildman–Crippen MR) is 136 cm³/mol. The molecule has 2 aromatic carbocycles. The topological polar surface area (TPSA) is 53.6 Å². The van der Waals surface area contributed by atoms with Crippen LogP contribution in [0.4, 0.5) is 19.0 Å². The van der Waals surface area contributed by atoms with Crippen LogP contribution in [0.5, 0.6) is 0 Å². The number of aryl methyl sites for hydroxylation is 2. The van der Waals surface area contributed by atoms with Crippen molar-refractivity contribution in [2.24, 2.45) is 0 Å². The minimum absolute atomic E-state index is 0.635. The Bertz CT molecular complexity index is 1420. The SMILES string of the molecule is Cc1cc2c(NCCCc3ccc(-c4ccc(C(F)(F)F)cc4)cc3)nc(-c3ccc[nH]3)nc2s1. The summed E-state index contributed by atoms with van der Waals surface area (Å²) in [6.07, 6.45) is -0.676. The van der Waals surface area contributed by atoms with Crippen molar-refractivity contribution in [2.75, 3.05) is 11.9 Å². The monoisotopic (exact) mass is 492 g/mol. The van der Waals surface area contributed by atoms with Gasteiger partial charge in [-0.05, 0) is 66.8 Å². The van der Waals surface area contributed by atoms with Crippen LogP contribution in [-0.2, 0) is 12.6 Å². The number of hydrogen-bond donors (Lipinski definition) is 2. The van der Waals surface area contributed by atoms with Crippen LogP contribution < -0.4 is 5.32 Å². The van der Waals surface area contributed by atoms with Gasteiger partial charge in [0.25, 0.3) is 0 Å². The second kappa shape index (κ2) is 9.54. The molecule has 0 radical (unpaired) electrons. The first-order valence-corrected chi connectivity index (χ1v) is 12.1. The van der Waals surface area contributed by atoms with Crippen LogP contribution in [0.15, 0.2) is 72.9 Å². The van der Waals surface area contributed by atoms with E-state index in [-0.39, 0.29) is 0 Å². The Morgan fingerprint density at radius 2 is 1.66 bits per heavy atom. The Morgan fingerprint density at radius 3 is 2.31 bits per heavy atom. The number of thiophene rings is 1. The van der Waals surface area contributed by atoms with Crippen LogP contribution in [0.25, 0.3) is 32.9 Å². The first kappa shape index (κ1) is 23.1. The Kier molecular flexibility index (Phi) is 6.30. The third-order valence-corrected chi connectivity index (χ3v) is 6.73. The van der Waals surface area contributed by atoms with Gasteiger partial charge in [0.15, 0.2) is 5.82 Å². The summed E-state index contributed by atoms with van der Waals surface area (Å²) in [5, 5.41) is 4.51. The van der Waals surface area contributed by atoms with E-state index in [0.29, 0.717) is 5.82 Å². The van der Waals surface area contributed by atoms with Crippen molar-refractivity contribution in [1.29, 1.82) is 0 Å². The molecule has 0 spiro atoms. The molecule has 0 bridgehead atoms. The molecule has 0 unspecified atom stereocenters. The number of halogens is 3. The van der Waals surface area contributed by atoms with E-state index in [1.165, 1.54) is 22.6 Å². The number of benzene rings is 2. The van der Waals surface area contributed by atoms with Crippen molar-refractivity contribution >= 4 is 27.4 Å². The largest absolute Gasteiger partial charge is 0.416 e. The van der Waals surface area contributed by atoms with Crippen molar-refractivity contribution < 1.29 is 13.2 Å². The average Bonchev–Trinajstić information content (AvgIpc) is 3.51. The molecule has 0 saturated heterocycles. The highest BCUT2D eigenvalue weighted by molar-refractivity contribution is 7.18. The molecule has 0 aliphatic heterocycles.